The number of anilines is 1. The van der Waals surface area contributed by atoms with E-state index in [1.54, 1.807) is 0 Å². The van der Waals surface area contributed by atoms with Crippen molar-refractivity contribution in [3.8, 4) is 16.9 Å². The summed E-state index contributed by atoms with van der Waals surface area (Å²) in [5.74, 6) is 0.788. The lowest BCUT2D eigenvalue weighted by Gasteiger charge is -2.17. The summed E-state index contributed by atoms with van der Waals surface area (Å²) in [6, 6.07) is 33.6. The van der Waals surface area contributed by atoms with E-state index in [0.29, 0.717) is 12.4 Å². The molecule has 0 aliphatic rings. The minimum absolute atomic E-state index is 0.128. The van der Waals surface area contributed by atoms with Crippen molar-refractivity contribution in [2.45, 2.75) is 12.8 Å². The number of aromatic nitrogens is 2. The highest BCUT2D eigenvalue weighted by Gasteiger charge is 2.24. The summed E-state index contributed by atoms with van der Waals surface area (Å²) in [7, 11) is 0. The predicted molar refractivity (Wildman–Crippen MR) is 136 cm³/mol. The summed E-state index contributed by atoms with van der Waals surface area (Å²) in [6.45, 7) is 2.57. The number of rotatable bonds is 7. The Balaban J connectivity index is 1.46. The largest absolute Gasteiger partial charge is 0.493 e. The molecule has 34 heavy (non-hydrogen) atoms. The molecule has 0 aliphatic heterocycles. The molecule has 0 atom stereocenters. The topological polar surface area (TPSA) is 67.0 Å². The van der Waals surface area contributed by atoms with Gasteiger partial charge in [0, 0.05) is 10.9 Å². The van der Waals surface area contributed by atoms with Crippen molar-refractivity contribution in [2.75, 3.05) is 11.9 Å². The lowest BCUT2D eigenvalue weighted by molar-refractivity contribution is -0.116. The predicted octanol–water partition coefficient (Wildman–Crippen LogP) is 6.40. The molecule has 1 aromatic heterocycles. The fourth-order valence-electron chi connectivity index (χ4n) is 4.24. The number of carbonyl (C=O) groups excluding carboxylic acids is 1. The third-order valence-electron chi connectivity index (χ3n) is 5.83. The van der Waals surface area contributed by atoms with E-state index in [-0.39, 0.29) is 5.91 Å². The number of nitrogens with zero attached hydrogens (tertiary/aromatic N) is 1. The highest BCUT2D eigenvalue weighted by atomic mass is 16.5. The van der Waals surface area contributed by atoms with Crippen LogP contribution < -0.4 is 10.1 Å². The smallest absolute Gasteiger partial charge is 0.237 e. The van der Waals surface area contributed by atoms with Crippen LogP contribution >= 0.6 is 0 Å². The number of nitrogens with one attached hydrogen (secondary N) is 2. The van der Waals surface area contributed by atoms with Crippen LogP contribution in [0.1, 0.15) is 24.0 Å². The van der Waals surface area contributed by atoms with Gasteiger partial charge in [0.25, 0.3) is 0 Å². The third-order valence-corrected chi connectivity index (χ3v) is 5.83. The lowest BCUT2D eigenvalue weighted by atomic mass is 9.90. The molecule has 0 fully saturated rings. The highest BCUT2D eigenvalue weighted by molar-refractivity contribution is 6.04. The van der Waals surface area contributed by atoms with Gasteiger partial charge in [-0.2, -0.15) is 5.10 Å². The van der Waals surface area contributed by atoms with E-state index in [4.69, 9.17) is 4.74 Å². The van der Waals surface area contributed by atoms with Crippen LogP contribution in [0.3, 0.4) is 0 Å². The molecule has 5 nitrogen and oxygen atoms in total. The van der Waals surface area contributed by atoms with E-state index in [1.807, 2.05) is 110 Å². The number of benzene rings is 4. The number of aromatic amines is 1. The fourth-order valence-corrected chi connectivity index (χ4v) is 4.24. The SMILES string of the molecule is CCOc1ccccc1-c1ccc2c(NC(=O)C(c3ccccc3)c3ccccc3)n[nH]c2c1. The molecule has 1 heterocycles. The maximum absolute atomic E-state index is 13.5. The number of H-pyrrole nitrogens is 1. The van der Waals surface area contributed by atoms with E-state index >= 15 is 0 Å². The van der Waals surface area contributed by atoms with Gasteiger partial charge in [-0.25, -0.2) is 0 Å². The molecule has 4 aromatic carbocycles. The summed E-state index contributed by atoms with van der Waals surface area (Å²) in [6.07, 6.45) is 0. The van der Waals surface area contributed by atoms with Gasteiger partial charge in [0.05, 0.1) is 18.0 Å². The molecule has 0 bridgehead atoms. The van der Waals surface area contributed by atoms with Crippen molar-refractivity contribution in [3.05, 3.63) is 114 Å². The number of carbonyl (C=O) groups is 1. The maximum Gasteiger partial charge on any atom is 0.237 e. The second-order valence-corrected chi connectivity index (χ2v) is 8.01. The lowest BCUT2D eigenvalue weighted by Crippen LogP contribution is -2.22. The molecule has 0 aliphatic carbocycles. The normalized spacial score (nSPS) is 11.0. The van der Waals surface area contributed by atoms with Crippen LogP contribution in [0, 0.1) is 0 Å². The number of para-hydroxylation sites is 1. The molecular formula is C29H25N3O2. The molecule has 5 rings (SSSR count). The van der Waals surface area contributed by atoms with Crippen LogP contribution in [-0.4, -0.2) is 22.7 Å². The first kappa shape index (κ1) is 21.5. The average molecular weight is 448 g/mol. The van der Waals surface area contributed by atoms with Crippen molar-refractivity contribution in [2.24, 2.45) is 0 Å². The zero-order chi connectivity index (χ0) is 23.3. The molecule has 5 aromatic rings. The highest BCUT2D eigenvalue weighted by Crippen LogP contribution is 2.33. The van der Waals surface area contributed by atoms with Crippen LogP contribution in [0.15, 0.2) is 103 Å². The van der Waals surface area contributed by atoms with Crippen molar-refractivity contribution in [1.82, 2.24) is 10.2 Å². The number of hydrogen-bond acceptors (Lipinski definition) is 3. The van der Waals surface area contributed by atoms with E-state index < -0.39 is 5.92 Å². The zero-order valence-corrected chi connectivity index (χ0v) is 18.9. The first-order chi connectivity index (χ1) is 16.7. The average Bonchev–Trinajstić information content (AvgIpc) is 3.28. The number of hydrogen-bond donors (Lipinski definition) is 2. The van der Waals surface area contributed by atoms with Crippen LogP contribution in [0.2, 0.25) is 0 Å². The fraction of sp³-hybridized carbons (Fsp3) is 0.103. The Kier molecular flexibility index (Phi) is 6.08. The van der Waals surface area contributed by atoms with Gasteiger partial charge >= 0.3 is 0 Å². The zero-order valence-electron chi connectivity index (χ0n) is 18.9. The van der Waals surface area contributed by atoms with Crippen LogP contribution in [0.5, 0.6) is 5.75 Å². The van der Waals surface area contributed by atoms with Crippen molar-refractivity contribution in [1.29, 1.82) is 0 Å². The Bertz CT molecular complexity index is 1370. The Morgan fingerprint density at radius 1 is 0.882 bits per heavy atom. The molecule has 0 saturated heterocycles. The van der Waals surface area contributed by atoms with Gasteiger partial charge < -0.3 is 10.1 Å². The third kappa shape index (κ3) is 4.28. The van der Waals surface area contributed by atoms with Crippen LogP contribution in [0.25, 0.3) is 22.0 Å². The minimum Gasteiger partial charge on any atom is -0.493 e. The van der Waals surface area contributed by atoms with Gasteiger partial charge in [0.15, 0.2) is 5.82 Å². The molecule has 0 saturated carbocycles. The van der Waals surface area contributed by atoms with Crippen molar-refractivity contribution in [3.63, 3.8) is 0 Å². The summed E-state index contributed by atoms with van der Waals surface area (Å²) in [5, 5.41) is 11.4. The molecule has 2 N–H and O–H groups in total. The standard InChI is InChI=1S/C29H25N3O2/c1-2-34-26-16-10-9-15-23(26)22-17-18-24-25(19-22)31-32-28(24)30-29(33)27(20-11-5-3-6-12-20)21-13-7-4-8-14-21/h3-19,27H,2H2,1H3,(H2,30,31,32,33). The first-order valence-corrected chi connectivity index (χ1v) is 11.4. The summed E-state index contributed by atoms with van der Waals surface area (Å²) in [4.78, 5) is 13.5. The Hall–Kier alpha value is -4.38. The van der Waals surface area contributed by atoms with E-state index in [2.05, 4.69) is 15.5 Å². The Morgan fingerprint density at radius 2 is 1.53 bits per heavy atom. The minimum atomic E-state index is -0.438. The van der Waals surface area contributed by atoms with Gasteiger partial charge in [0.2, 0.25) is 5.91 Å². The maximum atomic E-state index is 13.5. The van der Waals surface area contributed by atoms with Gasteiger partial charge in [-0.15, -0.1) is 0 Å². The van der Waals surface area contributed by atoms with E-state index in [1.165, 1.54) is 0 Å². The van der Waals surface area contributed by atoms with Crippen molar-refractivity contribution >= 4 is 22.6 Å². The first-order valence-electron chi connectivity index (χ1n) is 11.4. The van der Waals surface area contributed by atoms with Gasteiger partial charge in [-0.05, 0) is 41.8 Å². The van der Waals surface area contributed by atoms with Gasteiger partial charge in [-0.1, -0.05) is 84.9 Å². The summed E-state index contributed by atoms with van der Waals surface area (Å²) < 4.78 is 5.79. The van der Waals surface area contributed by atoms with E-state index in [9.17, 15) is 4.79 Å². The summed E-state index contributed by atoms with van der Waals surface area (Å²) in [5.41, 5.74) is 4.74. The molecule has 0 radical (unpaired) electrons. The Labute approximate surface area is 198 Å². The molecule has 0 spiro atoms. The summed E-state index contributed by atoms with van der Waals surface area (Å²) >= 11 is 0. The number of fused-ring (bicyclic) bond motifs is 1. The van der Waals surface area contributed by atoms with Crippen molar-refractivity contribution < 1.29 is 9.53 Å². The molecule has 1 amide bonds. The monoisotopic (exact) mass is 447 g/mol. The molecule has 5 heteroatoms. The second-order valence-electron chi connectivity index (χ2n) is 8.01. The van der Waals surface area contributed by atoms with Gasteiger partial charge in [-0.3, -0.25) is 9.89 Å². The quantitative estimate of drug-likeness (QED) is 0.303. The van der Waals surface area contributed by atoms with Crippen LogP contribution in [-0.2, 0) is 4.79 Å². The van der Waals surface area contributed by atoms with E-state index in [0.717, 1.165) is 38.9 Å². The number of amides is 1. The second kappa shape index (κ2) is 9.63. The molecular weight excluding hydrogens is 422 g/mol. The number of ether oxygens (including phenoxy) is 1. The Morgan fingerprint density at radius 3 is 2.21 bits per heavy atom. The van der Waals surface area contributed by atoms with Gasteiger partial charge in [0.1, 0.15) is 5.75 Å². The molecule has 0 unspecified atom stereocenters. The molecule has 168 valence electrons. The van der Waals surface area contributed by atoms with Crippen LogP contribution in [0.4, 0.5) is 5.82 Å².